The van der Waals surface area contributed by atoms with Crippen molar-refractivity contribution in [3.63, 3.8) is 0 Å². The van der Waals surface area contributed by atoms with Crippen LogP contribution in [0.5, 0.6) is 0 Å². The Bertz CT molecular complexity index is 636. The minimum atomic E-state index is -4.21. The van der Waals surface area contributed by atoms with E-state index in [2.05, 4.69) is 0 Å². The number of nitrogens with two attached hydrogens (primary N) is 1. The van der Waals surface area contributed by atoms with Gasteiger partial charge < -0.3 is 15.9 Å². The van der Waals surface area contributed by atoms with Crippen LogP contribution in [0.2, 0.25) is 0 Å². The molecule has 9 nitrogen and oxygen atoms in total. The molecule has 110 valence electrons. The van der Waals surface area contributed by atoms with Crippen LogP contribution in [0.4, 0.5) is 11.4 Å². The van der Waals surface area contributed by atoms with Gasteiger partial charge in [-0.2, -0.15) is 4.31 Å². The summed E-state index contributed by atoms with van der Waals surface area (Å²) in [5.41, 5.74) is 4.94. The maximum atomic E-state index is 12.3. The number of nitrogen functional groups attached to an aromatic ring is 1. The zero-order valence-corrected chi connectivity index (χ0v) is 11.0. The Morgan fingerprint density at radius 1 is 1.30 bits per heavy atom. The number of hydrogen-bond acceptors (Lipinski definition) is 7. The van der Waals surface area contributed by atoms with E-state index in [0.29, 0.717) is 0 Å². The standard InChI is InChI=1S/C10H13N3O6S/c11-6-1-2-7(13(16)17)10(3-6)20(18,19)12-4-8(14)9(15)5-12/h1-3,8-9,14-15H,4-5,11H2. The lowest BCUT2D eigenvalue weighted by atomic mass is 10.3. The van der Waals surface area contributed by atoms with Gasteiger partial charge in [0.25, 0.3) is 5.69 Å². The average Bonchev–Trinajstić information content (AvgIpc) is 2.70. The van der Waals surface area contributed by atoms with Crippen LogP contribution in [-0.2, 0) is 10.0 Å². The van der Waals surface area contributed by atoms with E-state index in [-0.39, 0.29) is 18.8 Å². The third-order valence-electron chi connectivity index (χ3n) is 3.02. The van der Waals surface area contributed by atoms with Gasteiger partial charge in [0.2, 0.25) is 10.0 Å². The first-order valence-corrected chi connectivity index (χ1v) is 7.07. The minimum Gasteiger partial charge on any atom is -0.399 e. The van der Waals surface area contributed by atoms with Crippen molar-refractivity contribution in [3.05, 3.63) is 28.3 Å². The Morgan fingerprint density at radius 3 is 2.35 bits per heavy atom. The molecule has 1 aromatic rings. The average molecular weight is 303 g/mol. The summed E-state index contributed by atoms with van der Waals surface area (Å²) in [7, 11) is -4.21. The summed E-state index contributed by atoms with van der Waals surface area (Å²) in [6.07, 6.45) is -2.44. The molecule has 0 radical (unpaired) electrons. The topological polar surface area (TPSA) is 147 Å². The van der Waals surface area contributed by atoms with Gasteiger partial charge in [-0.1, -0.05) is 0 Å². The highest BCUT2D eigenvalue weighted by molar-refractivity contribution is 7.89. The Hall–Kier alpha value is -1.75. The summed E-state index contributed by atoms with van der Waals surface area (Å²) >= 11 is 0. The number of sulfonamides is 1. The molecule has 0 saturated carbocycles. The van der Waals surface area contributed by atoms with Crippen molar-refractivity contribution in [2.45, 2.75) is 17.1 Å². The second kappa shape index (κ2) is 4.98. The van der Waals surface area contributed by atoms with Gasteiger partial charge >= 0.3 is 0 Å². The predicted octanol–water partition coefficient (Wildman–Crippen LogP) is -1.10. The molecule has 0 aliphatic carbocycles. The molecule has 1 heterocycles. The third kappa shape index (κ3) is 2.45. The number of aliphatic hydroxyl groups is 2. The lowest BCUT2D eigenvalue weighted by Crippen LogP contribution is -2.30. The number of nitrogens with zero attached hydrogens (tertiary/aromatic N) is 2. The molecule has 20 heavy (non-hydrogen) atoms. The lowest BCUT2D eigenvalue weighted by molar-refractivity contribution is -0.387. The molecule has 1 aromatic carbocycles. The molecule has 1 saturated heterocycles. The van der Waals surface area contributed by atoms with Crippen LogP contribution in [0.1, 0.15) is 0 Å². The highest BCUT2D eigenvalue weighted by atomic mass is 32.2. The highest BCUT2D eigenvalue weighted by Gasteiger charge is 2.40. The fourth-order valence-electron chi connectivity index (χ4n) is 1.96. The maximum Gasteiger partial charge on any atom is 0.289 e. The van der Waals surface area contributed by atoms with Gasteiger partial charge in [-0.25, -0.2) is 8.42 Å². The van der Waals surface area contributed by atoms with Crippen molar-refractivity contribution < 1.29 is 23.6 Å². The maximum absolute atomic E-state index is 12.3. The van der Waals surface area contributed by atoms with Crippen molar-refractivity contribution in [3.8, 4) is 0 Å². The summed E-state index contributed by atoms with van der Waals surface area (Å²) in [5, 5.41) is 29.7. The summed E-state index contributed by atoms with van der Waals surface area (Å²) in [4.78, 5) is 9.53. The summed E-state index contributed by atoms with van der Waals surface area (Å²) < 4.78 is 25.5. The number of aliphatic hydroxyl groups excluding tert-OH is 2. The second-order valence-electron chi connectivity index (χ2n) is 4.44. The predicted molar refractivity (Wildman–Crippen MR) is 68.3 cm³/mol. The number of benzene rings is 1. The molecule has 1 aliphatic rings. The fourth-order valence-corrected chi connectivity index (χ4v) is 3.63. The minimum absolute atomic E-state index is 0.0643. The van der Waals surface area contributed by atoms with Crippen LogP contribution in [-0.4, -0.2) is 53.2 Å². The number of nitro groups is 1. The molecule has 2 atom stereocenters. The molecule has 0 bridgehead atoms. The molecular weight excluding hydrogens is 290 g/mol. The van der Waals surface area contributed by atoms with E-state index >= 15 is 0 Å². The first-order valence-electron chi connectivity index (χ1n) is 5.63. The van der Waals surface area contributed by atoms with Crippen LogP contribution in [0.15, 0.2) is 23.1 Å². The number of rotatable bonds is 3. The zero-order valence-electron chi connectivity index (χ0n) is 10.2. The van der Waals surface area contributed by atoms with Crippen LogP contribution in [0.3, 0.4) is 0 Å². The van der Waals surface area contributed by atoms with Crippen LogP contribution >= 0.6 is 0 Å². The van der Waals surface area contributed by atoms with Crippen LogP contribution < -0.4 is 5.73 Å². The van der Waals surface area contributed by atoms with E-state index in [9.17, 15) is 28.7 Å². The Morgan fingerprint density at radius 2 is 1.85 bits per heavy atom. The smallest absolute Gasteiger partial charge is 0.289 e. The number of anilines is 1. The van der Waals surface area contributed by atoms with E-state index in [1.807, 2.05) is 0 Å². The number of β-amino-alcohol motifs (C(OH)–C–C–N with tert-alkyl or cyclic N) is 2. The molecule has 2 rings (SSSR count). The van der Waals surface area contributed by atoms with E-state index in [1.54, 1.807) is 0 Å². The van der Waals surface area contributed by atoms with Crippen molar-refractivity contribution in [2.24, 2.45) is 0 Å². The second-order valence-corrected chi connectivity index (χ2v) is 6.35. The number of nitro benzene ring substituents is 1. The van der Waals surface area contributed by atoms with Crippen molar-refractivity contribution in [1.29, 1.82) is 0 Å². The highest BCUT2D eigenvalue weighted by Crippen LogP contribution is 2.30. The Labute approximate surface area is 114 Å². The third-order valence-corrected chi connectivity index (χ3v) is 4.88. The quantitative estimate of drug-likeness (QED) is 0.365. The molecule has 10 heteroatoms. The molecule has 0 aromatic heterocycles. The fraction of sp³-hybridized carbons (Fsp3) is 0.400. The molecule has 0 spiro atoms. The normalized spacial score (nSPS) is 23.9. The van der Waals surface area contributed by atoms with Crippen molar-refractivity contribution in [1.82, 2.24) is 4.31 Å². The van der Waals surface area contributed by atoms with Gasteiger partial charge in [0.05, 0.1) is 17.1 Å². The Balaban J connectivity index is 2.50. The largest absolute Gasteiger partial charge is 0.399 e. The first kappa shape index (κ1) is 14.7. The molecule has 4 N–H and O–H groups in total. The monoisotopic (exact) mass is 303 g/mol. The van der Waals surface area contributed by atoms with Gasteiger partial charge in [-0.15, -0.1) is 0 Å². The SMILES string of the molecule is Nc1ccc([N+](=O)[O-])c(S(=O)(=O)N2CC(O)C(O)C2)c1. The van der Waals surface area contributed by atoms with Crippen LogP contribution in [0, 0.1) is 10.1 Å². The van der Waals surface area contributed by atoms with Gasteiger partial charge in [0.1, 0.15) is 0 Å². The van der Waals surface area contributed by atoms with E-state index in [0.717, 1.165) is 16.4 Å². The zero-order chi connectivity index (χ0) is 15.1. The molecule has 1 fully saturated rings. The van der Waals surface area contributed by atoms with Crippen LogP contribution in [0.25, 0.3) is 0 Å². The molecular formula is C10H13N3O6S. The molecule has 1 aliphatic heterocycles. The lowest BCUT2D eigenvalue weighted by Gasteiger charge is -2.15. The summed E-state index contributed by atoms with van der Waals surface area (Å²) in [6.45, 7) is -0.648. The van der Waals surface area contributed by atoms with E-state index < -0.39 is 37.7 Å². The van der Waals surface area contributed by atoms with Crippen molar-refractivity contribution >= 4 is 21.4 Å². The van der Waals surface area contributed by atoms with Gasteiger partial charge in [-0.3, -0.25) is 10.1 Å². The summed E-state index contributed by atoms with van der Waals surface area (Å²) in [6, 6.07) is 3.22. The van der Waals surface area contributed by atoms with E-state index in [1.165, 1.54) is 6.07 Å². The van der Waals surface area contributed by atoms with Gasteiger partial charge in [-0.05, 0) is 12.1 Å². The summed E-state index contributed by atoms with van der Waals surface area (Å²) in [5.74, 6) is 0. The number of hydrogen-bond donors (Lipinski definition) is 3. The first-order chi connectivity index (χ1) is 9.23. The molecule has 0 amide bonds. The van der Waals surface area contributed by atoms with E-state index in [4.69, 9.17) is 5.73 Å². The Kier molecular flexibility index (Phi) is 3.65. The van der Waals surface area contributed by atoms with Crippen molar-refractivity contribution in [2.75, 3.05) is 18.8 Å². The molecule has 2 unspecified atom stereocenters. The van der Waals surface area contributed by atoms with Gasteiger partial charge in [0.15, 0.2) is 4.90 Å². The van der Waals surface area contributed by atoms with Gasteiger partial charge in [0, 0.05) is 24.8 Å².